The highest BCUT2D eigenvalue weighted by Gasteiger charge is 2.04. The highest BCUT2D eigenvalue weighted by atomic mass is 16.4. The molecule has 1 rings (SSSR count). The van der Waals surface area contributed by atoms with Crippen LogP contribution in [-0.2, 0) is 16.0 Å². The molecule has 108 valence electrons. The maximum absolute atomic E-state index is 11.4. The maximum Gasteiger partial charge on any atom is 0.335 e. The van der Waals surface area contributed by atoms with Crippen molar-refractivity contribution in [3.63, 3.8) is 0 Å². The first-order valence-electron chi connectivity index (χ1n) is 6.08. The molecule has 0 aliphatic heterocycles. The third kappa shape index (κ3) is 5.49. The number of aromatic carboxylic acids is 1. The van der Waals surface area contributed by atoms with Gasteiger partial charge in [-0.05, 0) is 24.1 Å². The lowest BCUT2D eigenvalue weighted by atomic mass is 10.1. The summed E-state index contributed by atoms with van der Waals surface area (Å²) in [5, 5.41) is 13.7. The minimum atomic E-state index is -0.972. The largest absolute Gasteiger partial charge is 0.478 e. The summed E-state index contributed by atoms with van der Waals surface area (Å²) in [7, 11) is 0. The van der Waals surface area contributed by atoms with Crippen LogP contribution in [-0.4, -0.2) is 42.5 Å². The van der Waals surface area contributed by atoms with Gasteiger partial charge >= 0.3 is 5.97 Å². The molecular formula is C13H17N3O4. The van der Waals surface area contributed by atoms with Crippen LogP contribution in [0.15, 0.2) is 24.3 Å². The maximum atomic E-state index is 11.4. The summed E-state index contributed by atoms with van der Waals surface area (Å²) in [6.07, 6.45) is 0.580. The van der Waals surface area contributed by atoms with Crippen molar-refractivity contribution in [3.05, 3.63) is 35.4 Å². The molecule has 5 N–H and O–H groups in total. The Morgan fingerprint density at radius 3 is 2.25 bits per heavy atom. The molecule has 0 radical (unpaired) electrons. The zero-order chi connectivity index (χ0) is 15.0. The molecule has 7 heteroatoms. The monoisotopic (exact) mass is 279 g/mol. The van der Waals surface area contributed by atoms with Crippen molar-refractivity contribution in [2.45, 2.75) is 6.42 Å². The third-order valence-corrected chi connectivity index (χ3v) is 2.57. The van der Waals surface area contributed by atoms with Crippen molar-refractivity contribution in [1.29, 1.82) is 0 Å². The molecule has 0 aliphatic rings. The van der Waals surface area contributed by atoms with Gasteiger partial charge in [0.1, 0.15) is 0 Å². The third-order valence-electron chi connectivity index (χ3n) is 2.57. The Bertz CT molecular complexity index is 485. The van der Waals surface area contributed by atoms with Crippen LogP contribution in [0.2, 0.25) is 0 Å². The summed E-state index contributed by atoms with van der Waals surface area (Å²) in [4.78, 5) is 32.9. The Morgan fingerprint density at radius 1 is 1.05 bits per heavy atom. The quantitative estimate of drug-likeness (QED) is 0.516. The Labute approximate surface area is 116 Å². The van der Waals surface area contributed by atoms with Crippen LogP contribution < -0.4 is 16.4 Å². The molecular weight excluding hydrogens is 262 g/mol. The molecule has 1 aromatic carbocycles. The standard InChI is InChI=1S/C13H17N3O4/c14-7-11(17)16-8-12(18)15-6-5-9-1-3-10(4-2-9)13(19)20/h1-4H,5-8,14H2,(H,15,18)(H,16,17)(H,19,20). The normalized spacial score (nSPS) is 9.85. The van der Waals surface area contributed by atoms with Crippen LogP contribution in [0.3, 0.4) is 0 Å². The minimum Gasteiger partial charge on any atom is -0.478 e. The lowest BCUT2D eigenvalue weighted by Gasteiger charge is -2.06. The molecule has 0 heterocycles. The van der Waals surface area contributed by atoms with Crippen LogP contribution in [0.1, 0.15) is 15.9 Å². The summed E-state index contributed by atoms with van der Waals surface area (Å²) < 4.78 is 0. The predicted molar refractivity (Wildman–Crippen MR) is 72.2 cm³/mol. The molecule has 7 nitrogen and oxygen atoms in total. The fourth-order valence-electron chi connectivity index (χ4n) is 1.47. The smallest absolute Gasteiger partial charge is 0.335 e. The zero-order valence-corrected chi connectivity index (χ0v) is 10.9. The number of benzene rings is 1. The Hall–Kier alpha value is -2.41. The second-order valence-electron chi connectivity index (χ2n) is 4.08. The lowest BCUT2D eigenvalue weighted by Crippen LogP contribution is -2.40. The molecule has 0 saturated carbocycles. The minimum absolute atomic E-state index is 0.103. The van der Waals surface area contributed by atoms with Gasteiger partial charge in [0.15, 0.2) is 0 Å². The van der Waals surface area contributed by atoms with Crippen LogP contribution in [0.5, 0.6) is 0 Å². The van der Waals surface area contributed by atoms with Gasteiger partial charge in [-0.15, -0.1) is 0 Å². The van der Waals surface area contributed by atoms with Crippen LogP contribution >= 0.6 is 0 Å². The number of carbonyl (C=O) groups is 3. The van der Waals surface area contributed by atoms with E-state index in [1.165, 1.54) is 12.1 Å². The number of carboxylic acid groups (broad SMARTS) is 1. The number of hydrogen-bond acceptors (Lipinski definition) is 4. The molecule has 0 unspecified atom stereocenters. The number of nitrogens with two attached hydrogens (primary N) is 1. The summed E-state index contributed by atoms with van der Waals surface area (Å²) >= 11 is 0. The topological polar surface area (TPSA) is 122 Å². The molecule has 0 saturated heterocycles. The van der Waals surface area contributed by atoms with Gasteiger partial charge in [0.25, 0.3) is 0 Å². The summed E-state index contributed by atoms with van der Waals surface area (Å²) in [6, 6.07) is 6.43. The summed E-state index contributed by atoms with van der Waals surface area (Å²) in [5.41, 5.74) is 6.22. The predicted octanol–water partition coefficient (Wildman–Crippen LogP) is -0.882. The molecule has 0 atom stereocenters. The van der Waals surface area contributed by atoms with Gasteiger partial charge in [0, 0.05) is 6.54 Å². The molecule has 0 aliphatic carbocycles. The van der Waals surface area contributed by atoms with Crippen LogP contribution in [0, 0.1) is 0 Å². The molecule has 1 aromatic rings. The van der Waals surface area contributed by atoms with Gasteiger partial charge in [0.05, 0.1) is 18.7 Å². The first kappa shape index (κ1) is 15.6. The number of nitrogens with one attached hydrogen (secondary N) is 2. The van der Waals surface area contributed by atoms with Crippen LogP contribution in [0.4, 0.5) is 0 Å². The van der Waals surface area contributed by atoms with E-state index in [0.29, 0.717) is 13.0 Å². The van der Waals surface area contributed by atoms with E-state index in [1.54, 1.807) is 12.1 Å². The van der Waals surface area contributed by atoms with Crippen molar-refractivity contribution in [2.24, 2.45) is 5.73 Å². The SMILES string of the molecule is NCC(=O)NCC(=O)NCCc1ccc(C(=O)O)cc1. The number of amides is 2. The van der Waals surface area contributed by atoms with Crippen molar-refractivity contribution in [2.75, 3.05) is 19.6 Å². The van der Waals surface area contributed by atoms with Crippen molar-refractivity contribution in [3.8, 4) is 0 Å². The second kappa shape index (κ2) is 7.90. The number of rotatable bonds is 7. The van der Waals surface area contributed by atoms with Gasteiger partial charge in [-0.25, -0.2) is 4.79 Å². The van der Waals surface area contributed by atoms with Crippen molar-refractivity contribution < 1.29 is 19.5 Å². The number of hydrogen-bond donors (Lipinski definition) is 4. The lowest BCUT2D eigenvalue weighted by molar-refractivity contribution is -0.125. The zero-order valence-electron chi connectivity index (χ0n) is 10.9. The Kier molecular flexibility index (Phi) is 6.18. The fraction of sp³-hybridized carbons (Fsp3) is 0.308. The second-order valence-corrected chi connectivity index (χ2v) is 4.08. The van der Waals surface area contributed by atoms with E-state index in [-0.39, 0.29) is 30.5 Å². The van der Waals surface area contributed by atoms with Gasteiger partial charge in [-0.1, -0.05) is 12.1 Å². The molecule has 20 heavy (non-hydrogen) atoms. The van der Waals surface area contributed by atoms with E-state index in [1.807, 2.05) is 0 Å². The molecule has 0 fully saturated rings. The van der Waals surface area contributed by atoms with E-state index in [9.17, 15) is 14.4 Å². The number of carboxylic acids is 1. The average Bonchev–Trinajstić information content (AvgIpc) is 2.45. The molecule has 0 bridgehead atoms. The number of carbonyl (C=O) groups excluding carboxylic acids is 2. The van der Waals surface area contributed by atoms with E-state index in [2.05, 4.69) is 10.6 Å². The van der Waals surface area contributed by atoms with E-state index in [0.717, 1.165) is 5.56 Å². The molecule has 0 aromatic heterocycles. The summed E-state index contributed by atoms with van der Waals surface area (Å²) in [5.74, 6) is -1.65. The van der Waals surface area contributed by atoms with E-state index >= 15 is 0 Å². The molecule has 0 spiro atoms. The Balaban J connectivity index is 2.28. The van der Waals surface area contributed by atoms with Gasteiger partial charge in [-0.2, -0.15) is 0 Å². The highest BCUT2D eigenvalue weighted by Crippen LogP contribution is 2.04. The summed E-state index contributed by atoms with van der Waals surface area (Å²) in [6.45, 7) is 0.154. The average molecular weight is 279 g/mol. The Morgan fingerprint density at radius 2 is 1.70 bits per heavy atom. The van der Waals surface area contributed by atoms with Gasteiger partial charge < -0.3 is 21.5 Å². The van der Waals surface area contributed by atoms with E-state index < -0.39 is 5.97 Å². The van der Waals surface area contributed by atoms with Crippen molar-refractivity contribution in [1.82, 2.24) is 10.6 Å². The first-order valence-corrected chi connectivity index (χ1v) is 6.08. The molecule has 2 amide bonds. The first-order chi connectivity index (χ1) is 9.52. The van der Waals surface area contributed by atoms with Gasteiger partial charge in [-0.3, -0.25) is 9.59 Å². The highest BCUT2D eigenvalue weighted by molar-refractivity contribution is 5.87. The van der Waals surface area contributed by atoms with E-state index in [4.69, 9.17) is 10.8 Å². The fourth-order valence-corrected chi connectivity index (χ4v) is 1.47. The van der Waals surface area contributed by atoms with Crippen molar-refractivity contribution >= 4 is 17.8 Å². The van der Waals surface area contributed by atoms with Gasteiger partial charge in [0.2, 0.25) is 11.8 Å². The van der Waals surface area contributed by atoms with Crippen LogP contribution in [0.25, 0.3) is 0 Å².